The Morgan fingerprint density at radius 1 is 1.00 bits per heavy atom. The molecular formula is C19H16ClN3O. The number of rotatable bonds is 3. The number of nitrogens with one attached hydrogen (secondary N) is 1. The molecule has 0 radical (unpaired) electrons. The first-order chi connectivity index (χ1) is 11.5. The number of hydrogen-bond donors (Lipinski definition) is 1. The van der Waals surface area contributed by atoms with Gasteiger partial charge in [0.1, 0.15) is 0 Å². The molecule has 0 saturated carbocycles. The monoisotopic (exact) mass is 337 g/mol. The Bertz CT molecular complexity index is 874. The lowest BCUT2D eigenvalue weighted by Crippen LogP contribution is -2.14. The van der Waals surface area contributed by atoms with E-state index in [0.717, 1.165) is 22.4 Å². The van der Waals surface area contributed by atoms with Crippen LogP contribution in [0.25, 0.3) is 11.4 Å². The van der Waals surface area contributed by atoms with Crippen molar-refractivity contribution in [3.8, 4) is 11.4 Å². The number of amides is 1. The first-order valence-corrected chi connectivity index (χ1v) is 7.88. The summed E-state index contributed by atoms with van der Waals surface area (Å²) in [6.07, 6.45) is 3.05. The number of aromatic nitrogens is 2. The van der Waals surface area contributed by atoms with Gasteiger partial charge in [-0.05, 0) is 55.3 Å². The molecule has 2 aromatic carbocycles. The highest BCUT2D eigenvalue weighted by Gasteiger charge is 2.10. The maximum absolute atomic E-state index is 12.4. The maximum atomic E-state index is 12.4. The Labute approximate surface area is 145 Å². The third kappa shape index (κ3) is 3.44. The number of anilines is 1. The summed E-state index contributed by atoms with van der Waals surface area (Å²) in [6, 6.07) is 13.0. The predicted molar refractivity (Wildman–Crippen MR) is 96.3 cm³/mol. The van der Waals surface area contributed by atoms with E-state index in [0.29, 0.717) is 16.4 Å². The normalized spacial score (nSPS) is 10.5. The number of nitrogens with zero attached hydrogens (tertiary/aromatic N) is 2. The van der Waals surface area contributed by atoms with Gasteiger partial charge in [0.2, 0.25) is 0 Å². The zero-order valence-electron chi connectivity index (χ0n) is 13.4. The average molecular weight is 338 g/mol. The summed E-state index contributed by atoms with van der Waals surface area (Å²) in [5.74, 6) is 0.321. The molecule has 5 heteroatoms. The molecule has 0 unspecified atom stereocenters. The minimum Gasteiger partial charge on any atom is -0.322 e. The largest absolute Gasteiger partial charge is 0.322 e. The quantitative estimate of drug-likeness (QED) is 0.755. The summed E-state index contributed by atoms with van der Waals surface area (Å²) < 4.78 is 0. The van der Waals surface area contributed by atoms with Crippen LogP contribution in [0.4, 0.5) is 5.69 Å². The van der Waals surface area contributed by atoms with E-state index in [1.165, 1.54) is 12.4 Å². The molecule has 1 N–H and O–H groups in total. The molecule has 3 rings (SSSR count). The molecule has 0 atom stereocenters. The second kappa shape index (κ2) is 6.81. The van der Waals surface area contributed by atoms with E-state index in [4.69, 9.17) is 11.6 Å². The van der Waals surface area contributed by atoms with Gasteiger partial charge in [0.05, 0.1) is 5.56 Å². The van der Waals surface area contributed by atoms with Crippen LogP contribution in [0.3, 0.4) is 0 Å². The first kappa shape index (κ1) is 16.1. The molecule has 0 saturated heterocycles. The molecule has 1 heterocycles. The van der Waals surface area contributed by atoms with Crippen molar-refractivity contribution < 1.29 is 4.79 Å². The molecule has 0 aliphatic heterocycles. The molecule has 4 nitrogen and oxygen atoms in total. The highest BCUT2D eigenvalue weighted by molar-refractivity contribution is 6.30. The summed E-state index contributed by atoms with van der Waals surface area (Å²) in [4.78, 5) is 20.9. The molecule has 24 heavy (non-hydrogen) atoms. The zero-order chi connectivity index (χ0) is 17.1. The smallest absolute Gasteiger partial charge is 0.258 e. The molecule has 0 aliphatic carbocycles. The number of benzene rings is 2. The van der Waals surface area contributed by atoms with E-state index in [1.807, 2.05) is 44.2 Å². The number of halogens is 1. The van der Waals surface area contributed by atoms with E-state index in [9.17, 15) is 4.79 Å². The molecule has 0 spiro atoms. The van der Waals surface area contributed by atoms with Crippen molar-refractivity contribution in [2.24, 2.45) is 0 Å². The van der Waals surface area contributed by atoms with Gasteiger partial charge in [-0.2, -0.15) is 0 Å². The topological polar surface area (TPSA) is 54.9 Å². The molecule has 3 aromatic rings. The van der Waals surface area contributed by atoms with Crippen molar-refractivity contribution in [2.45, 2.75) is 13.8 Å². The fraction of sp³-hybridized carbons (Fsp3) is 0.105. The lowest BCUT2D eigenvalue weighted by atomic mass is 10.1. The van der Waals surface area contributed by atoms with Crippen LogP contribution in [0.5, 0.6) is 0 Å². The van der Waals surface area contributed by atoms with Crippen LogP contribution < -0.4 is 5.32 Å². The van der Waals surface area contributed by atoms with Gasteiger partial charge in [-0.3, -0.25) is 4.79 Å². The number of carbonyl (C=O) groups excluding carboxylic acids is 1. The van der Waals surface area contributed by atoms with E-state index in [-0.39, 0.29) is 5.91 Å². The third-order valence-corrected chi connectivity index (χ3v) is 4.12. The van der Waals surface area contributed by atoms with E-state index < -0.39 is 0 Å². The summed E-state index contributed by atoms with van der Waals surface area (Å²) in [7, 11) is 0. The van der Waals surface area contributed by atoms with Crippen molar-refractivity contribution in [1.29, 1.82) is 0 Å². The fourth-order valence-electron chi connectivity index (χ4n) is 2.27. The van der Waals surface area contributed by atoms with Crippen molar-refractivity contribution >= 4 is 23.2 Å². The maximum Gasteiger partial charge on any atom is 0.258 e. The van der Waals surface area contributed by atoms with Crippen LogP contribution in [-0.2, 0) is 0 Å². The Morgan fingerprint density at radius 2 is 1.67 bits per heavy atom. The lowest BCUT2D eigenvalue weighted by Gasteiger charge is -2.10. The summed E-state index contributed by atoms with van der Waals surface area (Å²) in [5, 5.41) is 3.55. The minimum absolute atomic E-state index is 0.230. The Kier molecular flexibility index (Phi) is 4.58. The van der Waals surface area contributed by atoms with Gasteiger partial charge in [0.15, 0.2) is 5.82 Å². The molecule has 0 fully saturated rings. The van der Waals surface area contributed by atoms with Crippen molar-refractivity contribution in [3.63, 3.8) is 0 Å². The SMILES string of the molecule is Cc1cccc(NC(=O)c2cnc(-c3ccc(Cl)cc3)nc2)c1C. The van der Waals surface area contributed by atoms with Gasteiger partial charge in [-0.1, -0.05) is 23.7 Å². The van der Waals surface area contributed by atoms with E-state index in [1.54, 1.807) is 12.1 Å². The lowest BCUT2D eigenvalue weighted by molar-refractivity contribution is 0.102. The van der Waals surface area contributed by atoms with E-state index in [2.05, 4.69) is 15.3 Å². The van der Waals surface area contributed by atoms with Crippen LogP contribution in [0.1, 0.15) is 21.5 Å². The number of aryl methyl sites for hydroxylation is 1. The van der Waals surface area contributed by atoms with Crippen LogP contribution in [-0.4, -0.2) is 15.9 Å². The second-order valence-corrected chi connectivity index (χ2v) is 5.94. The predicted octanol–water partition coefficient (Wildman–Crippen LogP) is 4.67. The molecule has 1 aromatic heterocycles. The molecule has 0 aliphatic rings. The van der Waals surface area contributed by atoms with Gasteiger partial charge in [-0.15, -0.1) is 0 Å². The van der Waals surface area contributed by atoms with Crippen LogP contribution in [0.15, 0.2) is 54.9 Å². The van der Waals surface area contributed by atoms with Gasteiger partial charge in [-0.25, -0.2) is 9.97 Å². The highest BCUT2D eigenvalue weighted by Crippen LogP contribution is 2.20. The Hall–Kier alpha value is -2.72. The first-order valence-electron chi connectivity index (χ1n) is 7.50. The zero-order valence-corrected chi connectivity index (χ0v) is 14.1. The van der Waals surface area contributed by atoms with Gasteiger partial charge >= 0.3 is 0 Å². The van der Waals surface area contributed by atoms with Gasteiger partial charge < -0.3 is 5.32 Å². The third-order valence-electron chi connectivity index (χ3n) is 3.87. The summed E-state index contributed by atoms with van der Waals surface area (Å²) in [5.41, 5.74) is 4.22. The molecular weight excluding hydrogens is 322 g/mol. The fourth-order valence-corrected chi connectivity index (χ4v) is 2.40. The van der Waals surface area contributed by atoms with Crippen molar-refractivity contribution in [3.05, 3.63) is 76.6 Å². The van der Waals surface area contributed by atoms with E-state index >= 15 is 0 Å². The van der Waals surface area contributed by atoms with Gasteiger partial charge in [0.25, 0.3) is 5.91 Å². The summed E-state index contributed by atoms with van der Waals surface area (Å²) >= 11 is 5.87. The standard InChI is InChI=1S/C19H16ClN3O/c1-12-4-3-5-17(13(12)2)23-19(24)15-10-21-18(22-11-15)14-6-8-16(20)9-7-14/h3-11H,1-2H3,(H,23,24). The molecule has 0 bridgehead atoms. The second-order valence-electron chi connectivity index (χ2n) is 5.50. The minimum atomic E-state index is -0.230. The summed E-state index contributed by atoms with van der Waals surface area (Å²) in [6.45, 7) is 3.99. The molecule has 120 valence electrons. The Balaban J connectivity index is 1.79. The van der Waals surface area contributed by atoms with Crippen molar-refractivity contribution in [1.82, 2.24) is 9.97 Å². The average Bonchev–Trinajstić information content (AvgIpc) is 2.60. The highest BCUT2D eigenvalue weighted by atomic mass is 35.5. The van der Waals surface area contributed by atoms with Crippen LogP contribution >= 0.6 is 11.6 Å². The van der Waals surface area contributed by atoms with Crippen LogP contribution in [0.2, 0.25) is 5.02 Å². The van der Waals surface area contributed by atoms with Gasteiger partial charge in [0, 0.05) is 28.7 Å². The number of carbonyl (C=O) groups is 1. The van der Waals surface area contributed by atoms with Crippen LogP contribution in [0, 0.1) is 13.8 Å². The van der Waals surface area contributed by atoms with Crippen molar-refractivity contribution in [2.75, 3.05) is 5.32 Å². The Morgan fingerprint density at radius 3 is 2.33 bits per heavy atom. The number of hydrogen-bond acceptors (Lipinski definition) is 3. The molecule has 1 amide bonds.